The van der Waals surface area contributed by atoms with Gasteiger partial charge in [0.1, 0.15) is 0 Å². The third-order valence-electron chi connectivity index (χ3n) is 8.02. The van der Waals surface area contributed by atoms with Crippen LogP contribution in [0.15, 0.2) is 0 Å². The number of alkyl halides is 7. The van der Waals surface area contributed by atoms with Crippen LogP contribution >= 0.6 is 0 Å². The maximum Gasteiger partial charge on any atom is 0.468 e. The molecule has 0 aromatic rings. The fraction of sp³-hybridized carbons (Fsp3) is 0.917. The van der Waals surface area contributed by atoms with Gasteiger partial charge in [-0.1, -0.05) is 13.3 Å². The smallest absolute Gasteiger partial charge is 0.461 e. The van der Waals surface area contributed by atoms with Crippen LogP contribution in [0.2, 0.25) is 0 Å². The molecule has 1 N–H and O–H groups in total. The van der Waals surface area contributed by atoms with E-state index in [1.54, 1.807) is 6.92 Å². The molecule has 0 radical (unpaired) electrons. The number of ether oxygens (including phenoxy) is 3. The molecule has 4 rings (SSSR count). The lowest BCUT2D eigenvalue weighted by Gasteiger charge is -2.55. The highest BCUT2D eigenvalue weighted by Gasteiger charge is 2.70. The molecule has 4 bridgehead atoms. The first kappa shape index (κ1) is 32.8. The topological polar surface area (TPSA) is 116 Å². The molecule has 232 valence electrons. The van der Waals surface area contributed by atoms with Gasteiger partial charge in [0.15, 0.2) is 0 Å². The van der Waals surface area contributed by atoms with Crippen molar-refractivity contribution in [3.8, 4) is 0 Å². The molecule has 4 fully saturated rings. The predicted molar refractivity (Wildman–Crippen MR) is 123 cm³/mol. The summed E-state index contributed by atoms with van der Waals surface area (Å²) in [7, 11) is -6.48. The molecule has 0 aliphatic heterocycles. The maximum atomic E-state index is 14.4. The van der Waals surface area contributed by atoms with Crippen molar-refractivity contribution in [3.05, 3.63) is 0 Å². The Labute approximate surface area is 227 Å². The molecule has 4 aliphatic rings. The minimum Gasteiger partial charge on any atom is -0.461 e. The van der Waals surface area contributed by atoms with Crippen molar-refractivity contribution in [2.75, 3.05) is 13.2 Å². The molecule has 0 heterocycles. The number of unbranched alkanes of at least 4 members (excludes halogenated alkanes) is 2. The normalized spacial score (nSPS) is 28.3. The van der Waals surface area contributed by atoms with Crippen molar-refractivity contribution < 1.29 is 67.5 Å². The Kier molecular flexibility index (Phi) is 9.47. The van der Waals surface area contributed by atoms with Crippen LogP contribution in [0.3, 0.4) is 0 Å². The highest BCUT2D eigenvalue weighted by atomic mass is 32.2. The molecular formula is C24H33F7O8S. The van der Waals surface area contributed by atoms with Crippen LogP contribution in [-0.2, 0) is 33.9 Å². The van der Waals surface area contributed by atoms with Gasteiger partial charge in [0.25, 0.3) is 0 Å². The van der Waals surface area contributed by atoms with Crippen LogP contribution in [0.4, 0.5) is 30.7 Å². The largest absolute Gasteiger partial charge is 0.468 e. The summed E-state index contributed by atoms with van der Waals surface area (Å²) in [6.07, 6.45) is -5.22. The highest BCUT2D eigenvalue weighted by Crippen LogP contribution is 2.61. The molecule has 0 aromatic carbocycles. The Morgan fingerprint density at radius 2 is 1.40 bits per heavy atom. The van der Waals surface area contributed by atoms with Gasteiger partial charge in [0, 0.05) is 6.42 Å². The van der Waals surface area contributed by atoms with Gasteiger partial charge in [-0.25, -0.2) is 4.79 Å². The number of esters is 2. The van der Waals surface area contributed by atoms with E-state index in [0.29, 0.717) is 25.7 Å². The SMILES string of the molecule is CCCCOC(=O)C(OCCCCC(F)(F)C(F)(F)S(=O)(=O)O)(OC(=O)C12CC3CC(CC(C3)C1)C2)C(F)(F)F. The molecule has 0 saturated heterocycles. The van der Waals surface area contributed by atoms with Gasteiger partial charge in [0.2, 0.25) is 0 Å². The van der Waals surface area contributed by atoms with Crippen molar-refractivity contribution in [3.63, 3.8) is 0 Å². The summed E-state index contributed by atoms with van der Waals surface area (Å²) in [6, 6.07) is 0. The van der Waals surface area contributed by atoms with Gasteiger partial charge in [-0.3, -0.25) is 9.35 Å². The zero-order valence-electron chi connectivity index (χ0n) is 21.8. The average Bonchev–Trinajstić information content (AvgIpc) is 2.80. The molecule has 0 aromatic heterocycles. The lowest BCUT2D eigenvalue weighted by molar-refractivity contribution is -0.359. The van der Waals surface area contributed by atoms with E-state index in [-0.39, 0.29) is 24.2 Å². The number of halogens is 7. The van der Waals surface area contributed by atoms with Crippen molar-refractivity contribution in [2.45, 2.75) is 101 Å². The summed E-state index contributed by atoms with van der Waals surface area (Å²) in [5, 5.41) is -5.84. The predicted octanol–water partition coefficient (Wildman–Crippen LogP) is 5.65. The van der Waals surface area contributed by atoms with Crippen LogP contribution in [0.1, 0.15) is 77.6 Å². The second-order valence-electron chi connectivity index (χ2n) is 11.2. The Hall–Kier alpha value is -1.68. The van der Waals surface area contributed by atoms with Crippen molar-refractivity contribution in [1.29, 1.82) is 0 Å². The van der Waals surface area contributed by atoms with E-state index < -0.39 is 83.1 Å². The van der Waals surface area contributed by atoms with Gasteiger partial charge >= 0.3 is 45.2 Å². The third-order valence-corrected chi connectivity index (χ3v) is 8.97. The number of rotatable bonds is 14. The lowest BCUT2D eigenvalue weighted by Crippen LogP contribution is -2.61. The Morgan fingerprint density at radius 3 is 1.85 bits per heavy atom. The van der Waals surface area contributed by atoms with Crippen molar-refractivity contribution >= 4 is 22.1 Å². The summed E-state index contributed by atoms with van der Waals surface area (Å²) in [5.41, 5.74) is -1.23. The molecular weight excluding hydrogens is 581 g/mol. The van der Waals surface area contributed by atoms with E-state index in [4.69, 9.17) is 18.8 Å². The van der Waals surface area contributed by atoms with E-state index in [1.807, 2.05) is 0 Å². The Bertz CT molecular complexity index is 1010. The first-order chi connectivity index (χ1) is 18.3. The summed E-state index contributed by atoms with van der Waals surface area (Å²) in [5.74, 6) is -12.4. The van der Waals surface area contributed by atoms with E-state index in [9.17, 15) is 48.7 Å². The molecule has 40 heavy (non-hydrogen) atoms. The van der Waals surface area contributed by atoms with Gasteiger partial charge in [-0.2, -0.15) is 39.2 Å². The lowest BCUT2D eigenvalue weighted by atomic mass is 9.49. The van der Waals surface area contributed by atoms with Gasteiger partial charge in [-0.05, 0) is 75.5 Å². The van der Waals surface area contributed by atoms with E-state index in [1.165, 1.54) is 0 Å². The van der Waals surface area contributed by atoms with Gasteiger partial charge in [-0.15, -0.1) is 0 Å². The Balaban J connectivity index is 1.77. The highest BCUT2D eigenvalue weighted by molar-refractivity contribution is 7.87. The van der Waals surface area contributed by atoms with Gasteiger partial charge < -0.3 is 14.2 Å². The zero-order chi connectivity index (χ0) is 30.2. The summed E-state index contributed by atoms with van der Waals surface area (Å²) in [6.45, 7) is 0.0577. The summed E-state index contributed by atoms with van der Waals surface area (Å²) in [4.78, 5) is 26.1. The zero-order valence-corrected chi connectivity index (χ0v) is 22.6. The molecule has 4 aliphatic carbocycles. The second kappa shape index (κ2) is 11.5. The average molecular weight is 615 g/mol. The molecule has 0 spiro atoms. The fourth-order valence-electron chi connectivity index (χ4n) is 6.39. The Morgan fingerprint density at radius 1 is 0.875 bits per heavy atom. The number of hydrogen-bond donors (Lipinski definition) is 1. The van der Waals surface area contributed by atoms with E-state index in [0.717, 1.165) is 19.3 Å². The first-order valence-electron chi connectivity index (χ1n) is 13.1. The minimum absolute atomic E-state index is 0.138. The maximum absolute atomic E-state index is 14.4. The molecule has 1 atom stereocenters. The van der Waals surface area contributed by atoms with Crippen LogP contribution in [0.5, 0.6) is 0 Å². The summed E-state index contributed by atoms with van der Waals surface area (Å²) < 4.78 is 142. The van der Waals surface area contributed by atoms with Crippen LogP contribution in [0.25, 0.3) is 0 Å². The molecule has 16 heteroatoms. The van der Waals surface area contributed by atoms with Crippen molar-refractivity contribution in [2.24, 2.45) is 23.2 Å². The molecule has 1 unspecified atom stereocenters. The molecule has 0 amide bonds. The minimum atomic E-state index is -6.48. The van der Waals surface area contributed by atoms with Crippen LogP contribution in [-0.4, -0.2) is 61.3 Å². The van der Waals surface area contributed by atoms with Gasteiger partial charge in [0.05, 0.1) is 18.6 Å². The number of hydrogen-bond acceptors (Lipinski definition) is 7. The second-order valence-corrected chi connectivity index (χ2v) is 12.7. The monoisotopic (exact) mass is 614 g/mol. The third kappa shape index (κ3) is 6.37. The number of carbonyl (C=O) groups is 2. The standard InChI is InChI=1S/C24H33F7O8S/c1-2-3-7-37-19(33)22(23(27,28)29,38-8-5-4-6-21(25,26)24(30,31)40(34,35)36)39-18(32)20-12-15-9-16(13-20)11-17(10-15)14-20/h15-17H,2-14H2,1H3,(H,34,35,36). The van der Waals surface area contributed by atoms with E-state index in [2.05, 4.69) is 0 Å². The quantitative estimate of drug-likeness (QED) is 0.0878. The fourth-order valence-corrected chi connectivity index (χ4v) is 6.87. The summed E-state index contributed by atoms with van der Waals surface area (Å²) >= 11 is 0. The molecule has 4 saturated carbocycles. The van der Waals surface area contributed by atoms with Crippen molar-refractivity contribution in [1.82, 2.24) is 0 Å². The first-order valence-corrected chi connectivity index (χ1v) is 14.6. The van der Waals surface area contributed by atoms with E-state index >= 15 is 0 Å². The van der Waals surface area contributed by atoms with Crippen LogP contribution < -0.4 is 0 Å². The molecule has 8 nitrogen and oxygen atoms in total. The van der Waals surface area contributed by atoms with Crippen LogP contribution in [0, 0.1) is 23.2 Å². The number of carbonyl (C=O) groups excluding carboxylic acids is 2.